The first-order chi connectivity index (χ1) is 12.3. The summed E-state index contributed by atoms with van der Waals surface area (Å²) in [7, 11) is -4.14. The van der Waals surface area contributed by atoms with Crippen LogP contribution in [0, 0.1) is 11.6 Å². The van der Waals surface area contributed by atoms with Gasteiger partial charge in [-0.05, 0) is 42.0 Å². The van der Waals surface area contributed by atoms with Crippen LogP contribution < -0.4 is 0 Å². The fourth-order valence-corrected chi connectivity index (χ4v) is 4.50. The summed E-state index contributed by atoms with van der Waals surface area (Å²) in [5.41, 5.74) is 0.0138. The lowest BCUT2D eigenvalue weighted by molar-refractivity contribution is 0.0592. The third kappa shape index (κ3) is 3.53. The first-order valence-corrected chi connectivity index (χ1v) is 9.31. The van der Waals surface area contributed by atoms with Gasteiger partial charge in [0.25, 0.3) is 10.0 Å². The average Bonchev–Trinajstić information content (AvgIpc) is 2.60. The van der Waals surface area contributed by atoms with Gasteiger partial charge in [0.1, 0.15) is 17.9 Å². The Balaban J connectivity index is 2.13. The quantitative estimate of drug-likeness (QED) is 0.795. The minimum Gasteiger partial charge on any atom is -0.514 e. The van der Waals surface area contributed by atoms with Crippen molar-refractivity contribution >= 4 is 21.6 Å². The molecule has 1 aliphatic rings. The van der Waals surface area contributed by atoms with Gasteiger partial charge in [0.05, 0.1) is 29.8 Å². The van der Waals surface area contributed by atoms with E-state index in [1.165, 1.54) is 24.3 Å². The van der Waals surface area contributed by atoms with Gasteiger partial charge in [-0.1, -0.05) is 11.6 Å². The van der Waals surface area contributed by atoms with E-state index in [4.69, 9.17) is 16.3 Å². The first-order valence-electron chi connectivity index (χ1n) is 7.50. The molecule has 2 aromatic rings. The second-order valence-corrected chi connectivity index (χ2v) is 7.86. The fourth-order valence-electron chi connectivity index (χ4n) is 2.74. The molecule has 0 amide bonds. The molecule has 0 radical (unpaired) electrons. The molecule has 2 aromatic carbocycles. The van der Waals surface area contributed by atoms with Crippen LogP contribution in [0.4, 0.5) is 8.78 Å². The third-order valence-electron chi connectivity index (χ3n) is 3.88. The van der Waals surface area contributed by atoms with Crippen LogP contribution in [0.2, 0.25) is 5.02 Å². The summed E-state index contributed by atoms with van der Waals surface area (Å²) in [5.74, 6) is -1.69. The molecule has 1 N–H and O–H groups in total. The van der Waals surface area contributed by atoms with Crippen LogP contribution in [-0.4, -0.2) is 31.0 Å². The van der Waals surface area contributed by atoms with E-state index in [2.05, 4.69) is 0 Å². The highest BCUT2D eigenvalue weighted by molar-refractivity contribution is 7.89. The van der Waals surface area contributed by atoms with Crippen molar-refractivity contribution in [2.24, 2.45) is 0 Å². The van der Waals surface area contributed by atoms with Crippen molar-refractivity contribution in [3.05, 3.63) is 76.6 Å². The number of hydrogen-bond donors (Lipinski definition) is 1. The Bertz CT molecular complexity index is 927. The minimum absolute atomic E-state index is 0.0548. The molecular weight excluding hydrogens is 388 g/mol. The molecule has 0 unspecified atom stereocenters. The number of hydrogen-bond acceptors (Lipinski definition) is 4. The van der Waals surface area contributed by atoms with Crippen molar-refractivity contribution in [3.63, 3.8) is 0 Å². The molecule has 1 heterocycles. The Morgan fingerprint density at radius 2 is 1.77 bits per heavy atom. The van der Waals surface area contributed by atoms with Gasteiger partial charge < -0.3 is 9.84 Å². The SMILES string of the molecule is O=S(=O)(c1ccc(Cl)cc1)N1/C(=C/O)COC[C@H]1c1cc(F)cc(F)c1. The Morgan fingerprint density at radius 3 is 2.35 bits per heavy atom. The van der Waals surface area contributed by atoms with Crippen LogP contribution in [0.25, 0.3) is 0 Å². The molecule has 0 aromatic heterocycles. The zero-order valence-electron chi connectivity index (χ0n) is 13.3. The van der Waals surface area contributed by atoms with Crippen LogP contribution in [0.1, 0.15) is 11.6 Å². The lowest BCUT2D eigenvalue weighted by atomic mass is 10.1. The third-order valence-corrected chi connectivity index (χ3v) is 6.01. The summed E-state index contributed by atoms with van der Waals surface area (Å²) < 4.78 is 59.7. The summed E-state index contributed by atoms with van der Waals surface area (Å²) in [4.78, 5) is -0.0787. The number of rotatable bonds is 3. The molecule has 0 aliphatic carbocycles. The monoisotopic (exact) mass is 401 g/mol. The second-order valence-electron chi connectivity index (χ2n) is 5.61. The lowest BCUT2D eigenvalue weighted by Crippen LogP contribution is -2.42. The number of aliphatic hydroxyl groups is 1. The normalized spacial score (nSPS) is 19.7. The van der Waals surface area contributed by atoms with E-state index in [1.807, 2.05) is 0 Å². The number of benzene rings is 2. The summed E-state index contributed by atoms with van der Waals surface area (Å²) in [6.07, 6.45) is 0.606. The molecule has 26 heavy (non-hydrogen) atoms. The van der Waals surface area contributed by atoms with Crippen molar-refractivity contribution in [2.75, 3.05) is 13.2 Å². The predicted molar refractivity (Wildman–Crippen MR) is 91.1 cm³/mol. The highest BCUT2D eigenvalue weighted by Gasteiger charge is 2.38. The van der Waals surface area contributed by atoms with Crippen molar-refractivity contribution in [1.29, 1.82) is 0 Å². The van der Waals surface area contributed by atoms with E-state index in [1.54, 1.807) is 0 Å². The van der Waals surface area contributed by atoms with Crippen LogP contribution >= 0.6 is 11.6 Å². The fraction of sp³-hybridized carbons (Fsp3) is 0.176. The first kappa shape index (κ1) is 18.6. The lowest BCUT2D eigenvalue weighted by Gasteiger charge is -2.37. The van der Waals surface area contributed by atoms with Crippen LogP contribution in [0.15, 0.2) is 59.3 Å². The van der Waals surface area contributed by atoms with Crippen molar-refractivity contribution in [3.8, 4) is 0 Å². The molecular formula is C17H14ClF2NO4S. The van der Waals surface area contributed by atoms with Gasteiger partial charge in [-0.3, -0.25) is 4.31 Å². The number of morpholine rings is 1. The van der Waals surface area contributed by atoms with Gasteiger partial charge in [0, 0.05) is 11.1 Å². The molecule has 1 fully saturated rings. The van der Waals surface area contributed by atoms with Gasteiger partial charge in [0.2, 0.25) is 0 Å². The average molecular weight is 402 g/mol. The van der Waals surface area contributed by atoms with E-state index < -0.39 is 27.7 Å². The zero-order chi connectivity index (χ0) is 18.9. The molecule has 1 aliphatic heterocycles. The van der Waals surface area contributed by atoms with Crippen molar-refractivity contribution in [2.45, 2.75) is 10.9 Å². The van der Waals surface area contributed by atoms with Gasteiger partial charge in [-0.2, -0.15) is 0 Å². The number of halogens is 3. The molecule has 0 spiro atoms. The van der Waals surface area contributed by atoms with Crippen LogP contribution in [-0.2, 0) is 14.8 Å². The van der Waals surface area contributed by atoms with Crippen molar-refractivity contribution in [1.82, 2.24) is 4.31 Å². The van der Waals surface area contributed by atoms with E-state index in [9.17, 15) is 22.3 Å². The molecule has 1 atom stereocenters. The molecule has 3 rings (SSSR count). The highest BCUT2D eigenvalue weighted by atomic mass is 35.5. The molecule has 9 heteroatoms. The van der Waals surface area contributed by atoms with Crippen molar-refractivity contribution < 1.29 is 27.0 Å². The molecule has 0 saturated carbocycles. The summed E-state index contributed by atoms with van der Waals surface area (Å²) in [5, 5.41) is 9.83. The standard InChI is InChI=1S/C17H14ClF2NO4S/c18-12-1-3-16(4-2-12)26(23,24)21-15(8-22)9-25-10-17(21)11-5-13(19)7-14(20)6-11/h1-8,17,22H,9-10H2/b15-8+/t17-/m0/s1. The Morgan fingerprint density at radius 1 is 1.15 bits per heavy atom. The Kier molecular flexibility index (Phi) is 5.17. The van der Waals surface area contributed by atoms with Crippen LogP contribution in [0.5, 0.6) is 0 Å². The molecule has 1 saturated heterocycles. The minimum atomic E-state index is -4.14. The highest BCUT2D eigenvalue weighted by Crippen LogP contribution is 2.35. The van der Waals surface area contributed by atoms with Crippen LogP contribution in [0.3, 0.4) is 0 Å². The number of ether oxygens (including phenoxy) is 1. The van der Waals surface area contributed by atoms with E-state index in [0.717, 1.165) is 16.4 Å². The van der Waals surface area contributed by atoms with Gasteiger partial charge in [-0.25, -0.2) is 17.2 Å². The molecule has 0 bridgehead atoms. The number of aliphatic hydroxyl groups excluding tert-OH is 1. The topological polar surface area (TPSA) is 66.8 Å². The number of nitrogens with zero attached hydrogens (tertiary/aromatic N) is 1. The Hall–Kier alpha value is -2.16. The van der Waals surface area contributed by atoms with E-state index in [-0.39, 0.29) is 29.4 Å². The van der Waals surface area contributed by atoms with Gasteiger partial charge in [0.15, 0.2) is 0 Å². The maximum Gasteiger partial charge on any atom is 0.264 e. The zero-order valence-corrected chi connectivity index (χ0v) is 14.8. The van der Waals surface area contributed by atoms with Gasteiger partial charge in [-0.15, -0.1) is 0 Å². The summed E-state index contributed by atoms with van der Waals surface area (Å²) in [6.45, 7) is -0.301. The van der Waals surface area contributed by atoms with E-state index >= 15 is 0 Å². The number of sulfonamides is 1. The van der Waals surface area contributed by atoms with Gasteiger partial charge >= 0.3 is 0 Å². The second kappa shape index (κ2) is 7.22. The maximum absolute atomic E-state index is 13.6. The molecule has 138 valence electrons. The summed E-state index contributed by atoms with van der Waals surface area (Å²) >= 11 is 5.80. The largest absolute Gasteiger partial charge is 0.514 e. The Labute approximate surface area is 154 Å². The maximum atomic E-state index is 13.6. The molecule has 5 nitrogen and oxygen atoms in total. The summed E-state index contributed by atoms with van der Waals surface area (Å²) in [6, 6.07) is 7.14. The smallest absolute Gasteiger partial charge is 0.264 e. The van der Waals surface area contributed by atoms with E-state index in [0.29, 0.717) is 17.4 Å². The predicted octanol–water partition coefficient (Wildman–Crippen LogP) is 3.78.